The Morgan fingerprint density at radius 1 is 0.578 bits per heavy atom. The van der Waals surface area contributed by atoms with Gasteiger partial charge in [0.05, 0.1) is 5.69 Å². The van der Waals surface area contributed by atoms with E-state index in [-0.39, 0.29) is 11.2 Å². The maximum absolute atomic E-state index is 13.4. The summed E-state index contributed by atoms with van der Waals surface area (Å²) in [5, 5.41) is 2.22. The van der Waals surface area contributed by atoms with Crippen LogP contribution in [0.5, 0.6) is 0 Å². The van der Waals surface area contributed by atoms with E-state index in [0.29, 0.717) is 5.56 Å². The molecule has 0 saturated carbocycles. The Labute approximate surface area is 264 Å². The molecule has 0 amide bonds. The third kappa shape index (κ3) is 5.42. The van der Waals surface area contributed by atoms with Crippen LogP contribution in [0.4, 0.5) is 11.4 Å². The van der Waals surface area contributed by atoms with Crippen molar-refractivity contribution in [3.63, 3.8) is 0 Å². The summed E-state index contributed by atoms with van der Waals surface area (Å²) in [5.41, 5.74) is 10.8. The van der Waals surface area contributed by atoms with Crippen LogP contribution < -0.4 is 4.90 Å². The van der Waals surface area contributed by atoms with Crippen molar-refractivity contribution < 1.29 is 9.21 Å². The third-order valence-electron chi connectivity index (χ3n) is 8.65. The Morgan fingerprint density at radius 2 is 1.29 bits per heavy atom. The normalized spacial score (nSPS) is 11.6. The fourth-order valence-electron chi connectivity index (χ4n) is 6.03. The van der Waals surface area contributed by atoms with Gasteiger partial charge in [-0.2, -0.15) is 0 Å². The van der Waals surface area contributed by atoms with Gasteiger partial charge in [0.1, 0.15) is 11.2 Å². The van der Waals surface area contributed by atoms with E-state index in [4.69, 9.17) is 4.42 Å². The van der Waals surface area contributed by atoms with Gasteiger partial charge in [0.2, 0.25) is 0 Å². The predicted octanol–water partition coefficient (Wildman–Crippen LogP) is 11.2. The molecule has 0 fully saturated rings. The third-order valence-corrected chi connectivity index (χ3v) is 8.65. The molecule has 6 aromatic carbocycles. The second-order valence-electron chi connectivity index (χ2n) is 12.7. The van der Waals surface area contributed by atoms with E-state index in [1.165, 1.54) is 0 Å². The predicted molar refractivity (Wildman–Crippen MR) is 188 cm³/mol. The maximum Gasteiger partial charge on any atom is 0.193 e. The highest BCUT2D eigenvalue weighted by Crippen LogP contribution is 2.41. The van der Waals surface area contributed by atoms with E-state index in [0.717, 1.165) is 66.7 Å². The van der Waals surface area contributed by atoms with Crippen molar-refractivity contribution in [2.24, 2.45) is 0 Å². The maximum atomic E-state index is 13.4. The second kappa shape index (κ2) is 11.3. The van der Waals surface area contributed by atoms with Gasteiger partial charge in [-0.25, -0.2) is 0 Å². The molecule has 0 unspecified atom stereocenters. The van der Waals surface area contributed by atoms with Crippen molar-refractivity contribution in [1.82, 2.24) is 0 Å². The van der Waals surface area contributed by atoms with E-state index in [2.05, 4.69) is 112 Å². The van der Waals surface area contributed by atoms with Crippen LogP contribution in [0.1, 0.15) is 42.3 Å². The SMILES string of the molecule is CN(c1cccc(-c2ccc(C(=O)c3cccc(C(C)(C)C)c3)cc2)c1)c1cc2oc3ccccc3c2cc1-c1ccccc1. The van der Waals surface area contributed by atoms with E-state index >= 15 is 0 Å². The molecule has 3 heteroatoms. The lowest BCUT2D eigenvalue weighted by atomic mass is 9.85. The molecule has 0 spiro atoms. The highest BCUT2D eigenvalue weighted by Gasteiger charge is 2.18. The summed E-state index contributed by atoms with van der Waals surface area (Å²) in [6, 6.07) is 47.5. The monoisotopic (exact) mass is 585 g/mol. The van der Waals surface area contributed by atoms with Crippen molar-refractivity contribution in [3.05, 3.63) is 156 Å². The van der Waals surface area contributed by atoms with Crippen molar-refractivity contribution in [2.45, 2.75) is 26.2 Å². The van der Waals surface area contributed by atoms with Crippen LogP contribution in [-0.4, -0.2) is 12.8 Å². The summed E-state index contributed by atoms with van der Waals surface area (Å²) in [6.45, 7) is 6.49. The number of benzene rings is 6. The van der Waals surface area contributed by atoms with Gasteiger partial charge in [-0.05, 0) is 58.0 Å². The van der Waals surface area contributed by atoms with E-state index < -0.39 is 0 Å². The lowest BCUT2D eigenvalue weighted by Gasteiger charge is -2.24. The van der Waals surface area contributed by atoms with E-state index in [1.54, 1.807) is 0 Å². The zero-order valence-corrected chi connectivity index (χ0v) is 26.0. The lowest BCUT2D eigenvalue weighted by molar-refractivity contribution is 0.103. The number of fused-ring (bicyclic) bond motifs is 3. The minimum atomic E-state index is -0.0159. The first-order valence-corrected chi connectivity index (χ1v) is 15.4. The van der Waals surface area contributed by atoms with E-state index in [9.17, 15) is 4.79 Å². The first-order chi connectivity index (χ1) is 21.8. The van der Waals surface area contributed by atoms with Gasteiger partial charge in [0.25, 0.3) is 0 Å². The van der Waals surface area contributed by atoms with Crippen LogP contribution in [-0.2, 0) is 5.41 Å². The quantitative estimate of drug-likeness (QED) is 0.182. The molecule has 1 heterocycles. The Bertz CT molecular complexity index is 2170. The van der Waals surface area contributed by atoms with Crippen molar-refractivity contribution in [1.29, 1.82) is 0 Å². The molecule has 7 rings (SSSR count). The molecular weight excluding hydrogens is 550 g/mol. The molecule has 45 heavy (non-hydrogen) atoms. The average molecular weight is 586 g/mol. The van der Waals surface area contributed by atoms with Crippen LogP contribution in [0.3, 0.4) is 0 Å². The highest BCUT2D eigenvalue weighted by molar-refractivity contribution is 6.10. The number of ketones is 1. The van der Waals surface area contributed by atoms with Crippen LogP contribution in [0.2, 0.25) is 0 Å². The molecule has 0 bridgehead atoms. The summed E-state index contributed by atoms with van der Waals surface area (Å²) in [6.07, 6.45) is 0. The van der Waals surface area contributed by atoms with Crippen LogP contribution in [0.25, 0.3) is 44.2 Å². The molecule has 3 nitrogen and oxygen atoms in total. The van der Waals surface area contributed by atoms with Crippen LogP contribution in [0, 0.1) is 0 Å². The summed E-state index contributed by atoms with van der Waals surface area (Å²) in [4.78, 5) is 15.6. The standard InChI is InChI=1S/C42H35NO2/c1-42(2,3)33-16-10-15-32(24-33)41(44)30-22-20-28(21-23-30)31-14-11-17-34(25-31)43(4)38-27-40-37(35-18-8-9-19-39(35)45-40)26-36(38)29-12-6-5-7-13-29/h5-27H,1-4H3. The highest BCUT2D eigenvalue weighted by atomic mass is 16.3. The van der Waals surface area contributed by atoms with Gasteiger partial charge < -0.3 is 9.32 Å². The minimum Gasteiger partial charge on any atom is -0.456 e. The molecule has 7 aromatic rings. The summed E-state index contributed by atoms with van der Waals surface area (Å²) in [5.74, 6) is 0.0376. The fourth-order valence-corrected chi connectivity index (χ4v) is 6.03. The first kappa shape index (κ1) is 28.4. The Hall–Kier alpha value is -5.41. The number of furan rings is 1. The van der Waals surface area contributed by atoms with Gasteiger partial charge in [-0.3, -0.25) is 4.79 Å². The molecule has 0 aliphatic carbocycles. The first-order valence-electron chi connectivity index (χ1n) is 15.4. The smallest absolute Gasteiger partial charge is 0.193 e. The molecule has 0 N–H and O–H groups in total. The number of para-hydroxylation sites is 1. The molecule has 0 aliphatic rings. The molecule has 0 saturated heterocycles. The number of anilines is 2. The molecule has 0 atom stereocenters. The van der Waals surface area contributed by atoms with Crippen molar-refractivity contribution in [3.8, 4) is 22.3 Å². The summed E-state index contributed by atoms with van der Waals surface area (Å²) >= 11 is 0. The summed E-state index contributed by atoms with van der Waals surface area (Å²) < 4.78 is 6.29. The number of nitrogens with zero attached hydrogens (tertiary/aromatic N) is 1. The van der Waals surface area contributed by atoms with Crippen molar-refractivity contribution >= 4 is 39.1 Å². The molecule has 1 aromatic heterocycles. The average Bonchev–Trinajstić information content (AvgIpc) is 3.45. The van der Waals surface area contributed by atoms with Gasteiger partial charge in [0.15, 0.2) is 5.78 Å². The van der Waals surface area contributed by atoms with Crippen molar-refractivity contribution in [2.75, 3.05) is 11.9 Å². The summed E-state index contributed by atoms with van der Waals surface area (Å²) in [7, 11) is 2.10. The Kier molecular flexibility index (Phi) is 7.10. The van der Waals surface area contributed by atoms with Gasteiger partial charge in [0, 0.05) is 46.3 Å². The Balaban J connectivity index is 1.23. The van der Waals surface area contributed by atoms with Crippen LogP contribution >= 0.6 is 0 Å². The number of hydrogen-bond donors (Lipinski definition) is 0. The largest absolute Gasteiger partial charge is 0.456 e. The van der Waals surface area contributed by atoms with Gasteiger partial charge >= 0.3 is 0 Å². The Morgan fingerprint density at radius 3 is 2.07 bits per heavy atom. The zero-order valence-electron chi connectivity index (χ0n) is 26.0. The lowest BCUT2D eigenvalue weighted by Crippen LogP contribution is -2.12. The molecular formula is C42H35NO2. The zero-order chi connectivity index (χ0) is 31.1. The second-order valence-corrected chi connectivity index (χ2v) is 12.7. The van der Waals surface area contributed by atoms with Crippen LogP contribution in [0.15, 0.2) is 144 Å². The number of carbonyl (C=O) groups is 1. The molecule has 0 aliphatic heterocycles. The van der Waals surface area contributed by atoms with Gasteiger partial charge in [-0.15, -0.1) is 0 Å². The molecule has 220 valence electrons. The van der Waals surface area contributed by atoms with Gasteiger partial charge in [-0.1, -0.05) is 124 Å². The minimum absolute atomic E-state index is 0.0159. The topological polar surface area (TPSA) is 33.5 Å². The number of rotatable bonds is 6. The molecule has 0 radical (unpaired) electrons. The fraction of sp³-hybridized carbons (Fsp3) is 0.119. The number of hydrogen-bond acceptors (Lipinski definition) is 3. The van der Waals surface area contributed by atoms with E-state index in [1.807, 2.05) is 60.7 Å². The number of carbonyl (C=O) groups excluding carboxylic acids is 1.